The topological polar surface area (TPSA) is 29.5 Å². The summed E-state index contributed by atoms with van der Waals surface area (Å²) in [5.41, 5.74) is 1.15. The van der Waals surface area contributed by atoms with Gasteiger partial charge in [-0.05, 0) is 12.5 Å². The molecule has 86 valence electrons. The summed E-state index contributed by atoms with van der Waals surface area (Å²) in [7, 11) is 1.66. The molecule has 1 aromatic carbocycles. The fourth-order valence-corrected chi connectivity index (χ4v) is 2.26. The van der Waals surface area contributed by atoms with E-state index < -0.39 is 0 Å². The van der Waals surface area contributed by atoms with Crippen molar-refractivity contribution in [3.05, 3.63) is 35.9 Å². The van der Waals surface area contributed by atoms with Gasteiger partial charge in [-0.15, -0.1) is 0 Å². The number of carbonyl (C=O) groups is 1. The number of hydrogen-bond acceptors (Lipinski definition) is 2. The number of benzene rings is 1. The molecular weight excluding hydrogens is 202 g/mol. The van der Waals surface area contributed by atoms with E-state index in [-0.39, 0.29) is 18.2 Å². The fraction of sp³-hybridized carbons (Fsp3) is 0.462. The van der Waals surface area contributed by atoms with Crippen molar-refractivity contribution >= 4 is 5.91 Å². The number of likely N-dealkylation sites (tertiary alicyclic amines) is 1. The number of nitrogens with zero attached hydrogens (tertiary/aromatic N) is 1. The highest BCUT2D eigenvalue weighted by Gasteiger charge is 2.34. The first-order valence-corrected chi connectivity index (χ1v) is 5.63. The molecule has 1 saturated heterocycles. The van der Waals surface area contributed by atoms with E-state index in [0.717, 1.165) is 12.0 Å². The van der Waals surface area contributed by atoms with Gasteiger partial charge in [0.15, 0.2) is 0 Å². The second kappa shape index (κ2) is 4.66. The van der Waals surface area contributed by atoms with Gasteiger partial charge in [-0.3, -0.25) is 4.79 Å². The Balaban J connectivity index is 2.20. The van der Waals surface area contributed by atoms with Crippen LogP contribution in [-0.4, -0.2) is 24.1 Å². The number of rotatable bonds is 3. The molecule has 0 N–H and O–H groups in total. The third kappa shape index (κ3) is 1.95. The van der Waals surface area contributed by atoms with Gasteiger partial charge < -0.3 is 9.64 Å². The van der Waals surface area contributed by atoms with Gasteiger partial charge in [0, 0.05) is 20.0 Å². The molecule has 1 aromatic rings. The zero-order valence-corrected chi connectivity index (χ0v) is 9.72. The predicted octanol–water partition coefficient (Wildman–Crippen LogP) is 2.34. The Kier molecular flexibility index (Phi) is 3.25. The van der Waals surface area contributed by atoms with Crippen LogP contribution in [0, 0.1) is 0 Å². The molecular formula is C13H17NO2. The van der Waals surface area contributed by atoms with Crippen LogP contribution in [0.15, 0.2) is 30.3 Å². The largest absolute Gasteiger partial charge is 0.361 e. The zero-order chi connectivity index (χ0) is 11.5. The Morgan fingerprint density at radius 3 is 2.69 bits per heavy atom. The molecule has 3 nitrogen and oxygen atoms in total. The standard InChI is InChI=1S/C13H17NO2/c1-10(11-6-4-3-5-7-11)14-12(15)8-9-13(14)16-2/h3-7,10,13H,8-9H2,1-2H3/t10-,13?/m1/s1. The van der Waals surface area contributed by atoms with E-state index in [4.69, 9.17) is 4.74 Å². The van der Waals surface area contributed by atoms with Crippen LogP contribution >= 0.6 is 0 Å². The average molecular weight is 219 g/mol. The van der Waals surface area contributed by atoms with E-state index in [1.54, 1.807) is 7.11 Å². The lowest BCUT2D eigenvalue weighted by Crippen LogP contribution is -2.36. The van der Waals surface area contributed by atoms with Crippen molar-refractivity contribution in [2.75, 3.05) is 7.11 Å². The molecule has 16 heavy (non-hydrogen) atoms. The van der Waals surface area contributed by atoms with E-state index in [0.29, 0.717) is 6.42 Å². The van der Waals surface area contributed by atoms with Crippen molar-refractivity contribution in [3.63, 3.8) is 0 Å². The molecule has 2 rings (SSSR count). The van der Waals surface area contributed by atoms with Gasteiger partial charge in [-0.2, -0.15) is 0 Å². The molecule has 1 fully saturated rings. The van der Waals surface area contributed by atoms with Crippen LogP contribution in [-0.2, 0) is 9.53 Å². The van der Waals surface area contributed by atoms with E-state index in [9.17, 15) is 4.79 Å². The normalized spacial score (nSPS) is 22.5. The zero-order valence-electron chi connectivity index (χ0n) is 9.72. The molecule has 1 amide bonds. The van der Waals surface area contributed by atoms with Crippen LogP contribution in [0.5, 0.6) is 0 Å². The molecule has 0 aliphatic carbocycles. The monoisotopic (exact) mass is 219 g/mol. The summed E-state index contributed by atoms with van der Waals surface area (Å²) in [6.07, 6.45) is 1.32. The first-order valence-electron chi connectivity index (χ1n) is 5.63. The van der Waals surface area contributed by atoms with Crippen LogP contribution in [0.1, 0.15) is 31.4 Å². The highest BCUT2D eigenvalue weighted by atomic mass is 16.5. The highest BCUT2D eigenvalue weighted by Crippen LogP contribution is 2.30. The van der Waals surface area contributed by atoms with Crippen LogP contribution in [0.3, 0.4) is 0 Å². The molecule has 0 radical (unpaired) electrons. The molecule has 1 aliphatic heterocycles. The number of amides is 1. The van der Waals surface area contributed by atoms with Crippen LogP contribution in [0.2, 0.25) is 0 Å². The number of carbonyl (C=O) groups excluding carboxylic acids is 1. The second-order valence-corrected chi connectivity index (χ2v) is 4.12. The van der Waals surface area contributed by atoms with Crippen molar-refractivity contribution in [1.29, 1.82) is 0 Å². The Bertz CT molecular complexity index is 363. The van der Waals surface area contributed by atoms with Gasteiger partial charge in [0.2, 0.25) is 5.91 Å². The number of methoxy groups -OCH3 is 1. The average Bonchev–Trinajstić information content (AvgIpc) is 2.70. The maximum Gasteiger partial charge on any atom is 0.225 e. The Labute approximate surface area is 96.0 Å². The second-order valence-electron chi connectivity index (χ2n) is 4.12. The third-order valence-electron chi connectivity index (χ3n) is 3.17. The van der Waals surface area contributed by atoms with Crippen molar-refractivity contribution in [2.45, 2.75) is 32.0 Å². The van der Waals surface area contributed by atoms with Crippen molar-refractivity contribution in [3.8, 4) is 0 Å². The van der Waals surface area contributed by atoms with Crippen molar-refractivity contribution in [2.24, 2.45) is 0 Å². The minimum Gasteiger partial charge on any atom is -0.361 e. The van der Waals surface area contributed by atoms with Gasteiger partial charge >= 0.3 is 0 Å². The van der Waals surface area contributed by atoms with Gasteiger partial charge in [-0.25, -0.2) is 0 Å². The lowest BCUT2D eigenvalue weighted by atomic mass is 10.1. The summed E-state index contributed by atoms with van der Waals surface area (Å²) in [6.45, 7) is 2.05. The molecule has 2 atom stereocenters. The smallest absolute Gasteiger partial charge is 0.225 e. The van der Waals surface area contributed by atoms with E-state index >= 15 is 0 Å². The van der Waals surface area contributed by atoms with Crippen molar-refractivity contribution < 1.29 is 9.53 Å². The lowest BCUT2D eigenvalue weighted by molar-refractivity contribution is -0.138. The molecule has 0 saturated carbocycles. The SMILES string of the molecule is COC1CCC(=O)N1[C@H](C)c1ccccc1. The summed E-state index contributed by atoms with van der Waals surface area (Å²) in [5, 5.41) is 0. The Hall–Kier alpha value is -1.35. The summed E-state index contributed by atoms with van der Waals surface area (Å²) >= 11 is 0. The molecule has 0 bridgehead atoms. The molecule has 1 unspecified atom stereocenters. The van der Waals surface area contributed by atoms with E-state index in [1.165, 1.54) is 0 Å². The van der Waals surface area contributed by atoms with E-state index in [1.807, 2.05) is 42.2 Å². The van der Waals surface area contributed by atoms with Crippen LogP contribution < -0.4 is 0 Å². The number of ether oxygens (including phenoxy) is 1. The Morgan fingerprint density at radius 1 is 1.38 bits per heavy atom. The van der Waals surface area contributed by atoms with Gasteiger partial charge in [-0.1, -0.05) is 30.3 Å². The summed E-state index contributed by atoms with van der Waals surface area (Å²) in [6, 6.07) is 10.1. The predicted molar refractivity (Wildman–Crippen MR) is 61.7 cm³/mol. The van der Waals surface area contributed by atoms with Gasteiger partial charge in [0.25, 0.3) is 0 Å². The summed E-state index contributed by atoms with van der Waals surface area (Å²) in [5.74, 6) is 0.184. The van der Waals surface area contributed by atoms with Gasteiger partial charge in [0.1, 0.15) is 6.23 Å². The third-order valence-corrected chi connectivity index (χ3v) is 3.17. The Morgan fingerprint density at radius 2 is 2.06 bits per heavy atom. The quantitative estimate of drug-likeness (QED) is 0.781. The fourth-order valence-electron chi connectivity index (χ4n) is 2.26. The first kappa shape index (κ1) is 11.1. The summed E-state index contributed by atoms with van der Waals surface area (Å²) in [4.78, 5) is 13.6. The van der Waals surface area contributed by atoms with Crippen molar-refractivity contribution in [1.82, 2.24) is 4.90 Å². The minimum absolute atomic E-state index is 0.0669. The molecule has 0 aromatic heterocycles. The van der Waals surface area contributed by atoms with E-state index in [2.05, 4.69) is 0 Å². The summed E-state index contributed by atoms with van der Waals surface area (Å²) < 4.78 is 5.34. The maximum atomic E-state index is 11.8. The highest BCUT2D eigenvalue weighted by molar-refractivity contribution is 5.79. The lowest BCUT2D eigenvalue weighted by Gasteiger charge is -2.30. The van der Waals surface area contributed by atoms with Crippen LogP contribution in [0.25, 0.3) is 0 Å². The van der Waals surface area contributed by atoms with Crippen LogP contribution in [0.4, 0.5) is 0 Å². The minimum atomic E-state index is -0.0669. The first-order chi connectivity index (χ1) is 7.74. The molecule has 3 heteroatoms. The van der Waals surface area contributed by atoms with Gasteiger partial charge in [0.05, 0.1) is 6.04 Å². The molecule has 0 spiro atoms. The molecule has 1 aliphatic rings. The molecule has 1 heterocycles. The maximum absolute atomic E-state index is 11.8. The number of hydrogen-bond donors (Lipinski definition) is 0.